The Balaban J connectivity index is 3.02. The lowest BCUT2D eigenvalue weighted by Gasteiger charge is -2.06. The Morgan fingerprint density at radius 3 is 2.53 bits per heavy atom. The number of hydrogen-bond acceptors (Lipinski definition) is 3. The molecule has 0 unspecified atom stereocenters. The summed E-state index contributed by atoms with van der Waals surface area (Å²) in [5.74, 6) is 4.96. The maximum atomic E-state index is 10.7. The van der Waals surface area contributed by atoms with Gasteiger partial charge in [-0.2, -0.15) is 0 Å². The van der Waals surface area contributed by atoms with E-state index in [0.29, 0.717) is 4.88 Å². The molecule has 0 aliphatic heterocycles. The van der Waals surface area contributed by atoms with Crippen LogP contribution in [-0.2, 0) is 0 Å². The molecule has 0 aromatic carbocycles. The lowest BCUT2D eigenvalue weighted by Crippen LogP contribution is -1.98. The van der Waals surface area contributed by atoms with Gasteiger partial charge in [-0.15, -0.1) is 11.3 Å². The first kappa shape index (κ1) is 11.6. The van der Waals surface area contributed by atoms with Crippen molar-refractivity contribution in [1.82, 2.24) is 0 Å². The molecule has 15 heavy (non-hydrogen) atoms. The van der Waals surface area contributed by atoms with Crippen molar-refractivity contribution in [3.63, 3.8) is 0 Å². The third-order valence-electron chi connectivity index (χ3n) is 1.52. The molecular formula is C11H13NO2S. The third-order valence-corrected chi connectivity index (χ3v) is 2.57. The Bertz CT molecular complexity index is 443. The van der Waals surface area contributed by atoms with Crippen LogP contribution in [0.5, 0.6) is 0 Å². The molecule has 1 aromatic rings. The number of nitrogen functional groups attached to an aromatic ring is 1. The largest absolute Gasteiger partial charge is 0.477 e. The fourth-order valence-electron chi connectivity index (χ4n) is 0.883. The van der Waals surface area contributed by atoms with Crippen molar-refractivity contribution < 1.29 is 9.90 Å². The molecule has 80 valence electrons. The minimum Gasteiger partial charge on any atom is -0.477 e. The van der Waals surface area contributed by atoms with E-state index in [-0.39, 0.29) is 16.0 Å². The van der Waals surface area contributed by atoms with Gasteiger partial charge in [-0.25, -0.2) is 4.79 Å². The standard InChI is InChI=1S/C11H13NO2S/c1-11(2,3)5-4-7-6-8(12)9(15-7)10(13)14/h6H,12H2,1-3H3,(H,13,14). The van der Waals surface area contributed by atoms with E-state index in [1.807, 2.05) is 20.8 Å². The number of nitrogens with two attached hydrogens (primary N) is 1. The molecular weight excluding hydrogens is 210 g/mol. The van der Waals surface area contributed by atoms with Gasteiger partial charge in [0.15, 0.2) is 0 Å². The summed E-state index contributed by atoms with van der Waals surface area (Å²) in [6, 6.07) is 1.60. The number of hydrogen-bond donors (Lipinski definition) is 2. The Hall–Kier alpha value is -1.47. The minimum absolute atomic E-state index is 0.0951. The molecule has 1 heterocycles. The monoisotopic (exact) mass is 223 g/mol. The van der Waals surface area contributed by atoms with E-state index in [0.717, 1.165) is 11.3 Å². The lowest BCUT2D eigenvalue weighted by atomic mass is 9.98. The quantitative estimate of drug-likeness (QED) is 0.719. The zero-order valence-corrected chi connectivity index (χ0v) is 9.73. The summed E-state index contributed by atoms with van der Waals surface area (Å²) >= 11 is 1.11. The molecule has 0 saturated carbocycles. The van der Waals surface area contributed by atoms with Gasteiger partial charge in [0.25, 0.3) is 0 Å². The van der Waals surface area contributed by atoms with Crippen LogP contribution in [0.4, 0.5) is 5.69 Å². The summed E-state index contributed by atoms with van der Waals surface area (Å²) in [4.78, 5) is 11.6. The first-order chi connectivity index (χ1) is 6.79. The molecule has 0 fully saturated rings. The van der Waals surface area contributed by atoms with Crippen molar-refractivity contribution in [2.75, 3.05) is 5.73 Å². The molecule has 3 nitrogen and oxygen atoms in total. The molecule has 0 amide bonds. The van der Waals surface area contributed by atoms with Gasteiger partial charge in [0.05, 0.1) is 10.6 Å². The highest BCUT2D eigenvalue weighted by atomic mass is 32.1. The highest BCUT2D eigenvalue weighted by Gasteiger charge is 2.12. The molecule has 0 radical (unpaired) electrons. The number of thiophene rings is 1. The fraction of sp³-hybridized carbons (Fsp3) is 0.364. The minimum atomic E-state index is -0.999. The molecule has 1 rings (SSSR count). The Morgan fingerprint density at radius 2 is 2.13 bits per heavy atom. The number of carboxylic acids is 1. The van der Waals surface area contributed by atoms with Gasteiger partial charge in [0.2, 0.25) is 0 Å². The Labute approximate surface area is 92.9 Å². The molecule has 4 heteroatoms. The van der Waals surface area contributed by atoms with E-state index < -0.39 is 5.97 Å². The van der Waals surface area contributed by atoms with Crippen LogP contribution < -0.4 is 5.73 Å². The number of aromatic carboxylic acids is 1. The smallest absolute Gasteiger partial charge is 0.348 e. The van der Waals surface area contributed by atoms with Crippen LogP contribution in [0.2, 0.25) is 0 Å². The summed E-state index contributed by atoms with van der Waals surface area (Å²) in [6.07, 6.45) is 0. The van der Waals surface area contributed by atoms with Crippen molar-refractivity contribution in [3.8, 4) is 11.8 Å². The normalized spacial score (nSPS) is 10.6. The highest BCUT2D eigenvalue weighted by molar-refractivity contribution is 7.15. The molecule has 0 bridgehead atoms. The summed E-state index contributed by atoms with van der Waals surface area (Å²) < 4.78 is 0. The van der Waals surface area contributed by atoms with Crippen molar-refractivity contribution in [3.05, 3.63) is 15.8 Å². The van der Waals surface area contributed by atoms with E-state index in [4.69, 9.17) is 10.8 Å². The van der Waals surface area contributed by atoms with Crippen LogP contribution in [-0.4, -0.2) is 11.1 Å². The molecule has 0 aliphatic rings. The van der Waals surface area contributed by atoms with E-state index in [9.17, 15) is 4.79 Å². The number of carboxylic acid groups (broad SMARTS) is 1. The summed E-state index contributed by atoms with van der Waals surface area (Å²) in [6.45, 7) is 5.99. The maximum Gasteiger partial charge on any atom is 0.348 e. The molecule has 1 aromatic heterocycles. The van der Waals surface area contributed by atoms with Crippen molar-refractivity contribution in [2.45, 2.75) is 20.8 Å². The van der Waals surface area contributed by atoms with Gasteiger partial charge < -0.3 is 10.8 Å². The van der Waals surface area contributed by atoms with Gasteiger partial charge in [-0.1, -0.05) is 11.8 Å². The maximum absolute atomic E-state index is 10.7. The first-order valence-corrected chi connectivity index (χ1v) is 5.27. The number of rotatable bonds is 1. The predicted octanol–water partition coefficient (Wildman–Crippen LogP) is 2.43. The second kappa shape index (κ2) is 3.95. The summed E-state index contributed by atoms with van der Waals surface area (Å²) in [5.41, 5.74) is 5.73. The van der Waals surface area contributed by atoms with Crippen LogP contribution in [0.1, 0.15) is 35.3 Å². The Morgan fingerprint density at radius 1 is 1.53 bits per heavy atom. The molecule has 0 spiro atoms. The van der Waals surface area contributed by atoms with E-state index in [2.05, 4.69) is 11.8 Å². The summed E-state index contributed by atoms with van der Waals surface area (Å²) in [7, 11) is 0. The van der Waals surface area contributed by atoms with Crippen molar-refractivity contribution in [2.24, 2.45) is 5.41 Å². The third kappa shape index (κ3) is 3.30. The first-order valence-electron chi connectivity index (χ1n) is 4.45. The van der Waals surface area contributed by atoms with Crippen LogP contribution in [0.3, 0.4) is 0 Å². The zero-order chi connectivity index (χ0) is 11.6. The highest BCUT2D eigenvalue weighted by Crippen LogP contribution is 2.24. The number of anilines is 1. The molecule has 0 aliphatic carbocycles. The average molecular weight is 223 g/mol. The second-order valence-electron chi connectivity index (χ2n) is 4.20. The van der Waals surface area contributed by atoms with Gasteiger partial charge in [0, 0.05) is 5.41 Å². The van der Waals surface area contributed by atoms with Gasteiger partial charge >= 0.3 is 5.97 Å². The van der Waals surface area contributed by atoms with Gasteiger partial charge in [-0.05, 0) is 26.8 Å². The van der Waals surface area contributed by atoms with Gasteiger partial charge in [0.1, 0.15) is 4.88 Å². The number of carbonyl (C=O) groups is 1. The average Bonchev–Trinajstić information content (AvgIpc) is 2.42. The van der Waals surface area contributed by atoms with Crippen LogP contribution >= 0.6 is 11.3 Å². The van der Waals surface area contributed by atoms with Crippen LogP contribution in [0.25, 0.3) is 0 Å². The molecule has 0 saturated heterocycles. The molecule has 0 atom stereocenters. The second-order valence-corrected chi connectivity index (χ2v) is 5.25. The van der Waals surface area contributed by atoms with Crippen molar-refractivity contribution >= 4 is 23.0 Å². The SMILES string of the molecule is CC(C)(C)C#Cc1cc(N)c(C(=O)O)s1. The van der Waals surface area contributed by atoms with E-state index in [1.54, 1.807) is 6.07 Å². The zero-order valence-electron chi connectivity index (χ0n) is 8.92. The van der Waals surface area contributed by atoms with Gasteiger partial charge in [-0.3, -0.25) is 0 Å². The van der Waals surface area contributed by atoms with Crippen LogP contribution in [0, 0.1) is 17.3 Å². The molecule has 3 N–H and O–H groups in total. The Kier molecular flexibility index (Phi) is 3.06. The predicted molar refractivity (Wildman–Crippen MR) is 62.0 cm³/mol. The topological polar surface area (TPSA) is 63.3 Å². The lowest BCUT2D eigenvalue weighted by molar-refractivity contribution is 0.0703. The van der Waals surface area contributed by atoms with Crippen molar-refractivity contribution in [1.29, 1.82) is 0 Å². The van der Waals surface area contributed by atoms with Crippen LogP contribution in [0.15, 0.2) is 6.07 Å². The summed E-state index contributed by atoms with van der Waals surface area (Å²) in [5, 5.41) is 8.79. The fourth-order valence-corrected chi connectivity index (χ4v) is 1.65. The van der Waals surface area contributed by atoms with E-state index >= 15 is 0 Å². The van der Waals surface area contributed by atoms with E-state index in [1.165, 1.54) is 0 Å².